The lowest BCUT2D eigenvalue weighted by Crippen LogP contribution is -2.29. The second-order valence-corrected chi connectivity index (χ2v) is 10.3. The van der Waals surface area contributed by atoms with Gasteiger partial charge in [-0.1, -0.05) is 20.8 Å². The van der Waals surface area contributed by atoms with Gasteiger partial charge in [-0.05, 0) is 87.8 Å². The van der Waals surface area contributed by atoms with Crippen LogP contribution in [0.25, 0.3) is 11.0 Å². The molecule has 0 spiro atoms. The molecule has 5 heteroatoms. The Balaban J connectivity index is 1.73. The average Bonchev–Trinajstić information content (AvgIpc) is 3.05. The van der Waals surface area contributed by atoms with Crippen LogP contribution in [-0.4, -0.2) is 22.3 Å². The molecule has 1 aromatic heterocycles. The van der Waals surface area contributed by atoms with Gasteiger partial charge in [0.1, 0.15) is 11.5 Å². The van der Waals surface area contributed by atoms with Gasteiger partial charge in [0, 0.05) is 17.8 Å². The summed E-state index contributed by atoms with van der Waals surface area (Å²) in [7, 11) is 0. The fourth-order valence-corrected chi connectivity index (χ4v) is 5.30. The van der Waals surface area contributed by atoms with Crippen molar-refractivity contribution in [2.24, 2.45) is 11.3 Å². The van der Waals surface area contributed by atoms with Crippen molar-refractivity contribution in [2.75, 3.05) is 11.9 Å². The van der Waals surface area contributed by atoms with Crippen LogP contribution in [0.5, 0.6) is 11.5 Å². The summed E-state index contributed by atoms with van der Waals surface area (Å²) in [6.07, 6.45) is 3.72. The van der Waals surface area contributed by atoms with Crippen molar-refractivity contribution in [2.45, 2.75) is 73.0 Å². The van der Waals surface area contributed by atoms with E-state index in [4.69, 9.17) is 14.5 Å². The lowest BCUT2D eigenvalue weighted by molar-refractivity contribution is 0.140. The van der Waals surface area contributed by atoms with Crippen molar-refractivity contribution in [3.05, 3.63) is 42.5 Å². The van der Waals surface area contributed by atoms with Gasteiger partial charge in [0.05, 0.1) is 23.7 Å². The molecule has 1 aliphatic carbocycles. The van der Waals surface area contributed by atoms with Gasteiger partial charge in [-0.2, -0.15) is 0 Å². The smallest absolute Gasteiger partial charge is 0.208 e. The minimum atomic E-state index is 0.161. The molecule has 5 nitrogen and oxygen atoms in total. The second kappa shape index (κ2) is 9.05. The van der Waals surface area contributed by atoms with Crippen LogP contribution in [0.15, 0.2) is 42.5 Å². The summed E-state index contributed by atoms with van der Waals surface area (Å²) in [5.74, 6) is 3.34. The first kappa shape index (κ1) is 22.5. The van der Waals surface area contributed by atoms with E-state index in [-0.39, 0.29) is 6.10 Å². The number of nitrogens with one attached hydrogen (secondary N) is 1. The SMILES string of the molecule is CCOc1ccc2nc(Nc3ccc(OC(C)C)cc3)n(C3CC(C)CC(C)(C)C3)c2c1. The maximum absolute atomic E-state index is 5.82. The number of imidazole rings is 1. The predicted octanol–water partition coefficient (Wildman–Crippen LogP) is 7.35. The number of anilines is 2. The number of nitrogens with zero attached hydrogens (tertiary/aromatic N) is 2. The third-order valence-corrected chi connectivity index (χ3v) is 6.18. The fraction of sp³-hybridized carbons (Fsp3) is 0.519. The highest BCUT2D eigenvalue weighted by Gasteiger charge is 2.34. The molecule has 2 unspecified atom stereocenters. The van der Waals surface area contributed by atoms with E-state index in [0.29, 0.717) is 24.0 Å². The van der Waals surface area contributed by atoms with E-state index in [1.807, 2.05) is 39.0 Å². The highest BCUT2D eigenvalue weighted by Crippen LogP contribution is 2.46. The standard InChI is InChI=1S/C27H37N3O2/c1-7-31-23-12-13-24-25(15-23)30(21-14-19(4)16-27(5,6)17-21)26(29-24)28-20-8-10-22(11-9-20)32-18(2)3/h8-13,15,18-19,21H,7,14,16-17H2,1-6H3,(H,28,29). The van der Waals surface area contributed by atoms with E-state index in [0.717, 1.165) is 47.0 Å². The number of ether oxygens (including phenoxy) is 2. The van der Waals surface area contributed by atoms with Crippen LogP contribution in [0.4, 0.5) is 11.6 Å². The van der Waals surface area contributed by atoms with Crippen molar-refractivity contribution < 1.29 is 9.47 Å². The highest BCUT2D eigenvalue weighted by molar-refractivity contribution is 5.81. The van der Waals surface area contributed by atoms with Crippen LogP contribution < -0.4 is 14.8 Å². The first-order valence-electron chi connectivity index (χ1n) is 11.9. The summed E-state index contributed by atoms with van der Waals surface area (Å²) in [6, 6.07) is 14.7. The molecule has 1 heterocycles. The fourth-order valence-electron chi connectivity index (χ4n) is 5.30. The minimum absolute atomic E-state index is 0.161. The normalized spacial score (nSPS) is 20.5. The molecule has 1 saturated carbocycles. The Kier molecular flexibility index (Phi) is 6.36. The molecule has 1 N–H and O–H groups in total. The predicted molar refractivity (Wildman–Crippen MR) is 132 cm³/mol. The zero-order valence-electron chi connectivity index (χ0n) is 20.3. The van der Waals surface area contributed by atoms with Crippen molar-refractivity contribution in [3.8, 4) is 11.5 Å². The zero-order valence-corrected chi connectivity index (χ0v) is 20.3. The molecule has 0 amide bonds. The molecule has 2 atom stereocenters. The lowest BCUT2D eigenvalue weighted by atomic mass is 9.70. The summed E-state index contributed by atoms with van der Waals surface area (Å²) < 4.78 is 14.0. The van der Waals surface area contributed by atoms with Crippen molar-refractivity contribution in [3.63, 3.8) is 0 Å². The lowest BCUT2D eigenvalue weighted by Gasteiger charge is -2.40. The Morgan fingerprint density at radius 1 is 1.09 bits per heavy atom. The van der Waals surface area contributed by atoms with Gasteiger partial charge >= 0.3 is 0 Å². The quantitative estimate of drug-likeness (QED) is 0.421. The summed E-state index contributed by atoms with van der Waals surface area (Å²) in [5.41, 5.74) is 3.44. The molecule has 0 radical (unpaired) electrons. The molecule has 1 aliphatic rings. The van der Waals surface area contributed by atoms with Crippen LogP contribution >= 0.6 is 0 Å². The molecule has 0 bridgehead atoms. The Morgan fingerprint density at radius 2 is 1.81 bits per heavy atom. The van der Waals surface area contributed by atoms with Gasteiger partial charge in [0.15, 0.2) is 0 Å². The molecule has 2 aromatic carbocycles. The van der Waals surface area contributed by atoms with Crippen molar-refractivity contribution in [1.82, 2.24) is 9.55 Å². The molecule has 4 rings (SSSR count). The maximum atomic E-state index is 5.82. The Hall–Kier alpha value is -2.69. The zero-order chi connectivity index (χ0) is 22.9. The summed E-state index contributed by atoms with van der Waals surface area (Å²) in [6.45, 7) is 13.9. The monoisotopic (exact) mass is 435 g/mol. The van der Waals surface area contributed by atoms with E-state index in [1.54, 1.807) is 0 Å². The third kappa shape index (κ3) is 5.03. The van der Waals surface area contributed by atoms with Gasteiger partial charge < -0.3 is 19.4 Å². The first-order chi connectivity index (χ1) is 15.2. The number of hydrogen-bond donors (Lipinski definition) is 1. The van der Waals surface area contributed by atoms with Crippen LogP contribution in [0.1, 0.15) is 66.8 Å². The molecule has 0 aliphatic heterocycles. The molecular formula is C27H37N3O2. The highest BCUT2D eigenvalue weighted by atomic mass is 16.5. The topological polar surface area (TPSA) is 48.3 Å². The number of benzene rings is 2. The third-order valence-electron chi connectivity index (χ3n) is 6.18. The van der Waals surface area contributed by atoms with Crippen molar-refractivity contribution >= 4 is 22.7 Å². The molecule has 172 valence electrons. The summed E-state index contributed by atoms with van der Waals surface area (Å²) >= 11 is 0. The van der Waals surface area contributed by atoms with E-state index in [9.17, 15) is 0 Å². The molecule has 0 saturated heterocycles. The van der Waals surface area contributed by atoms with Crippen molar-refractivity contribution in [1.29, 1.82) is 0 Å². The van der Waals surface area contributed by atoms with Gasteiger partial charge in [-0.25, -0.2) is 4.98 Å². The van der Waals surface area contributed by atoms with Crippen LogP contribution in [-0.2, 0) is 0 Å². The second-order valence-electron chi connectivity index (χ2n) is 10.3. The number of rotatable bonds is 7. The van der Waals surface area contributed by atoms with Crippen LogP contribution in [0.3, 0.4) is 0 Å². The Morgan fingerprint density at radius 3 is 2.47 bits per heavy atom. The summed E-state index contributed by atoms with van der Waals surface area (Å²) in [4.78, 5) is 4.99. The summed E-state index contributed by atoms with van der Waals surface area (Å²) in [5, 5.41) is 3.59. The van der Waals surface area contributed by atoms with E-state index >= 15 is 0 Å². The van der Waals surface area contributed by atoms with Gasteiger partial charge in [0.25, 0.3) is 0 Å². The van der Waals surface area contributed by atoms with Crippen LogP contribution in [0, 0.1) is 11.3 Å². The van der Waals surface area contributed by atoms with Gasteiger partial charge in [-0.15, -0.1) is 0 Å². The molecule has 1 fully saturated rings. The molecule has 32 heavy (non-hydrogen) atoms. The Bertz CT molecular complexity index is 1050. The maximum Gasteiger partial charge on any atom is 0.208 e. The average molecular weight is 436 g/mol. The van der Waals surface area contributed by atoms with Gasteiger partial charge in [0.2, 0.25) is 5.95 Å². The molecule has 3 aromatic rings. The number of hydrogen-bond acceptors (Lipinski definition) is 4. The Labute approximate surface area is 192 Å². The molecular weight excluding hydrogens is 398 g/mol. The van der Waals surface area contributed by atoms with Gasteiger partial charge in [-0.3, -0.25) is 0 Å². The van der Waals surface area contributed by atoms with E-state index < -0.39 is 0 Å². The minimum Gasteiger partial charge on any atom is -0.494 e. The van der Waals surface area contributed by atoms with E-state index in [1.165, 1.54) is 6.42 Å². The largest absolute Gasteiger partial charge is 0.494 e. The van der Waals surface area contributed by atoms with Crippen LogP contribution in [0.2, 0.25) is 0 Å². The first-order valence-corrected chi connectivity index (χ1v) is 11.9. The number of aromatic nitrogens is 2. The van der Waals surface area contributed by atoms with E-state index in [2.05, 4.69) is 54.9 Å². The number of fused-ring (bicyclic) bond motifs is 1.